The smallest absolute Gasteiger partial charge is 0.260 e. The number of allylic oxidation sites excluding steroid dienone is 1. The average molecular weight is 154 g/mol. The highest BCUT2D eigenvalue weighted by molar-refractivity contribution is 5.87. The quantitative estimate of drug-likeness (QED) is 0.563. The maximum atomic E-state index is 11.2. The number of nitrogens with zero attached hydrogens (tertiary/aromatic N) is 1. The number of carbonyl (C=O) groups is 1. The van der Waals surface area contributed by atoms with Gasteiger partial charge in [-0.3, -0.25) is 9.80 Å². The molecule has 1 rings (SSSR count). The van der Waals surface area contributed by atoms with E-state index in [2.05, 4.69) is 5.43 Å². The lowest BCUT2D eigenvalue weighted by Gasteiger charge is -2.12. The molecule has 3 nitrogen and oxygen atoms in total. The number of hydrogen-bond donors (Lipinski definition) is 1. The van der Waals surface area contributed by atoms with Gasteiger partial charge in [0.25, 0.3) is 5.91 Å². The van der Waals surface area contributed by atoms with Crippen LogP contribution < -0.4 is 5.43 Å². The van der Waals surface area contributed by atoms with Crippen LogP contribution in [0.2, 0.25) is 0 Å². The van der Waals surface area contributed by atoms with Crippen LogP contribution in [-0.2, 0) is 4.79 Å². The van der Waals surface area contributed by atoms with Crippen molar-refractivity contribution in [1.82, 2.24) is 10.4 Å². The zero-order valence-corrected chi connectivity index (χ0v) is 7.05. The Hall–Kier alpha value is -0.830. The number of hydrazine groups is 1. The molecule has 0 aliphatic carbocycles. The topological polar surface area (TPSA) is 32.3 Å². The van der Waals surface area contributed by atoms with Crippen molar-refractivity contribution in [3.63, 3.8) is 0 Å². The molecule has 1 saturated heterocycles. The van der Waals surface area contributed by atoms with E-state index in [0.717, 1.165) is 25.1 Å². The molecule has 1 fully saturated rings. The van der Waals surface area contributed by atoms with Crippen LogP contribution in [0.25, 0.3) is 0 Å². The molecule has 0 saturated carbocycles. The van der Waals surface area contributed by atoms with Gasteiger partial charge in [0.15, 0.2) is 0 Å². The molecule has 62 valence electrons. The average Bonchev–Trinajstić information content (AvgIpc) is 2.35. The van der Waals surface area contributed by atoms with Gasteiger partial charge < -0.3 is 0 Å². The van der Waals surface area contributed by atoms with E-state index >= 15 is 0 Å². The summed E-state index contributed by atoms with van der Waals surface area (Å²) in [4.78, 5) is 11.2. The van der Waals surface area contributed by atoms with Crippen molar-refractivity contribution >= 4 is 5.91 Å². The standard InChI is InChI=1S/C8H14N2O/c1-7(2)6-8(11)10-5-3-4-9-10/h6,9H,3-5H2,1-2H3. The zero-order valence-electron chi connectivity index (χ0n) is 7.05. The number of carbonyl (C=O) groups excluding carboxylic acids is 1. The Morgan fingerprint density at radius 3 is 2.73 bits per heavy atom. The molecule has 0 aromatic heterocycles. The Kier molecular flexibility index (Phi) is 2.65. The van der Waals surface area contributed by atoms with Crippen molar-refractivity contribution in [3.8, 4) is 0 Å². The van der Waals surface area contributed by atoms with Crippen LogP contribution in [0.5, 0.6) is 0 Å². The van der Waals surface area contributed by atoms with Crippen molar-refractivity contribution < 1.29 is 4.79 Å². The maximum Gasteiger partial charge on any atom is 0.260 e. The van der Waals surface area contributed by atoms with E-state index in [1.807, 2.05) is 13.8 Å². The molecular formula is C8H14N2O. The molecule has 0 aromatic rings. The van der Waals surface area contributed by atoms with Crippen molar-refractivity contribution in [1.29, 1.82) is 0 Å². The fourth-order valence-electron chi connectivity index (χ4n) is 1.04. The SMILES string of the molecule is CC(C)=CC(=O)N1CCCN1. The van der Waals surface area contributed by atoms with E-state index in [0.29, 0.717) is 0 Å². The summed E-state index contributed by atoms with van der Waals surface area (Å²) < 4.78 is 0. The number of nitrogens with one attached hydrogen (secondary N) is 1. The minimum absolute atomic E-state index is 0.0718. The van der Waals surface area contributed by atoms with E-state index < -0.39 is 0 Å². The molecule has 0 unspecified atom stereocenters. The highest BCUT2D eigenvalue weighted by Gasteiger charge is 2.14. The van der Waals surface area contributed by atoms with Gasteiger partial charge in [0, 0.05) is 19.2 Å². The van der Waals surface area contributed by atoms with E-state index in [-0.39, 0.29) is 5.91 Å². The molecule has 0 spiro atoms. The summed E-state index contributed by atoms with van der Waals surface area (Å²) in [6, 6.07) is 0. The summed E-state index contributed by atoms with van der Waals surface area (Å²) in [5.74, 6) is 0.0718. The number of amides is 1. The molecule has 0 bridgehead atoms. The Labute approximate surface area is 67.0 Å². The predicted octanol–water partition coefficient (Wildman–Crippen LogP) is 0.690. The molecule has 1 aliphatic rings. The molecular weight excluding hydrogens is 140 g/mol. The summed E-state index contributed by atoms with van der Waals surface area (Å²) in [5.41, 5.74) is 4.05. The van der Waals surface area contributed by atoms with Crippen LogP contribution in [0, 0.1) is 0 Å². The molecule has 1 N–H and O–H groups in total. The van der Waals surface area contributed by atoms with Crippen LogP contribution in [0.1, 0.15) is 20.3 Å². The third-order valence-electron chi connectivity index (χ3n) is 1.54. The molecule has 1 heterocycles. The first-order chi connectivity index (χ1) is 5.20. The van der Waals surface area contributed by atoms with Crippen molar-refractivity contribution in [2.75, 3.05) is 13.1 Å². The predicted molar refractivity (Wildman–Crippen MR) is 43.8 cm³/mol. The van der Waals surface area contributed by atoms with Crippen molar-refractivity contribution in [2.45, 2.75) is 20.3 Å². The first-order valence-electron chi connectivity index (χ1n) is 3.90. The second kappa shape index (κ2) is 3.53. The van der Waals surface area contributed by atoms with Gasteiger partial charge in [0.05, 0.1) is 0 Å². The third-order valence-corrected chi connectivity index (χ3v) is 1.54. The van der Waals surface area contributed by atoms with Crippen LogP contribution in [-0.4, -0.2) is 24.0 Å². The normalized spacial score (nSPS) is 16.7. The van der Waals surface area contributed by atoms with Gasteiger partial charge in [0.1, 0.15) is 0 Å². The maximum absolute atomic E-state index is 11.2. The zero-order chi connectivity index (χ0) is 8.27. The van der Waals surface area contributed by atoms with Crippen LogP contribution in [0.15, 0.2) is 11.6 Å². The molecule has 0 radical (unpaired) electrons. The summed E-state index contributed by atoms with van der Waals surface area (Å²) in [5, 5.41) is 1.66. The van der Waals surface area contributed by atoms with Gasteiger partial charge in [-0.1, -0.05) is 5.57 Å². The second-order valence-electron chi connectivity index (χ2n) is 2.97. The molecule has 1 amide bonds. The first kappa shape index (κ1) is 8.27. The second-order valence-corrected chi connectivity index (χ2v) is 2.97. The van der Waals surface area contributed by atoms with Gasteiger partial charge in [-0.15, -0.1) is 0 Å². The fraction of sp³-hybridized carbons (Fsp3) is 0.625. The van der Waals surface area contributed by atoms with E-state index in [4.69, 9.17) is 0 Å². The van der Waals surface area contributed by atoms with Gasteiger partial charge >= 0.3 is 0 Å². The number of hydrogen-bond acceptors (Lipinski definition) is 2. The molecule has 1 aliphatic heterocycles. The van der Waals surface area contributed by atoms with E-state index in [1.165, 1.54) is 0 Å². The first-order valence-corrected chi connectivity index (χ1v) is 3.90. The molecule has 0 atom stereocenters. The van der Waals surface area contributed by atoms with Crippen LogP contribution in [0.4, 0.5) is 0 Å². The van der Waals surface area contributed by atoms with E-state index in [1.54, 1.807) is 11.1 Å². The minimum atomic E-state index is 0.0718. The van der Waals surface area contributed by atoms with Crippen molar-refractivity contribution in [2.24, 2.45) is 0 Å². The monoisotopic (exact) mass is 154 g/mol. The lowest BCUT2D eigenvalue weighted by molar-refractivity contribution is -0.127. The Morgan fingerprint density at radius 1 is 1.55 bits per heavy atom. The third kappa shape index (κ3) is 2.35. The van der Waals surface area contributed by atoms with E-state index in [9.17, 15) is 4.79 Å². The van der Waals surface area contributed by atoms with Gasteiger partial charge in [-0.25, -0.2) is 5.43 Å². The lowest BCUT2D eigenvalue weighted by Crippen LogP contribution is -2.35. The summed E-state index contributed by atoms with van der Waals surface area (Å²) in [6.45, 7) is 5.60. The lowest BCUT2D eigenvalue weighted by atomic mass is 10.3. The fourth-order valence-corrected chi connectivity index (χ4v) is 1.04. The highest BCUT2D eigenvalue weighted by atomic mass is 16.2. The number of rotatable bonds is 1. The molecule has 11 heavy (non-hydrogen) atoms. The Bertz CT molecular complexity index is 177. The molecule has 3 heteroatoms. The van der Waals surface area contributed by atoms with Gasteiger partial charge in [-0.05, 0) is 20.3 Å². The Balaban J connectivity index is 2.47. The van der Waals surface area contributed by atoms with Crippen LogP contribution in [0.3, 0.4) is 0 Å². The van der Waals surface area contributed by atoms with Gasteiger partial charge in [0.2, 0.25) is 0 Å². The summed E-state index contributed by atoms with van der Waals surface area (Å²) in [7, 11) is 0. The Morgan fingerprint density at radius 2 is 2.27 bits per heavy atom. The summed E-state index contributed by atoms with van der Waals surface area (Å²) >= 11 is 0. The highest BCUT2D eigenvalue weighted by Crippen LogP contribution is 1.99. The van der Waals surface area contributed by atoms with Crippen molar-refractivity contribution in [3.05, 3.63) is 11.6 Å². The van der Waals surface area contributed by atoms with Gasteiger partial charge in [-0.2, -0.15) is 0 Å². The van der Waals surface area contributed by atoms with Crippen LogP contribution >= 0.6 is 0 Å². The minimum Gasteiger partial charge on any atom is -0.274 e. The molecule has 0 aromatic carbocycles. The largest absolute Gasteiger partial charge is 0.274 e. The summed E-state index contributed by atoms with van der Waals surface area (Å²) in [6.07, 6.45) is 2.71.